The van der Waals surface area contributed by atoms with E-state index in [0.29, 0.717) is 30.6 Å². The first kappa shape index (κ1) is 22.9. The minimum absolute atomic E-state index is 0.0338. The van der Waals surface area contributed by atoms with Gasteiger partial charge >= 0.3 is 0 Å². The van der Waals surface area contributed by atoms with Crippen LogP contribution in [0.4, 0.5) is 0 Å². The van der Waals surface area contributed by atoms with Crippen molar-refractivity contribution in [3.05, 3.63) is 29.3 Å². The van der Waals surface area contributed by atoms with Crippen molar-refractivity contribution in [2.45, 2.75) is 109 Å². The van der Waals surface area contributed by atoms with E-state index in [2.05, 4.69) is 65.1 Å². The SMILES string of the molecule is CC(C)(C)[Si](C)(C)Oc1ccc2c(c1)CC[C@@H]1[C@@H]2CC[C@@]2(C)[C@H]1CC[C@@]2(O)CCC#N. The normalized spacial score (nSPS) is 35.0. The molecule has 0 aromatic heterocycles. The zero-order chi connectivity index (χ0) is 22.7. The molecule has 3 aliphatic carbocycles. The van der Waals surface area contributed by atoms with Crippen LogP contribution in [0.5, 0.6) is 5.75 Å². The molecule has 3 nitrogen and oxygen atoms in total. The molecule has 2 fully saturated rings. The highest BCUT2D eigenvalue weighted by Gasteiger charge is 2.61. The highest BCUT2D eigenvalue weighted by Crippen LogP contribution is 2.65. The number of benzene rings is 1. The number of nitriles is 1. The Morgan fingerprint density at radius 1 is 1.19 bits per heavy atom. The first-order valence-electron chi connectivity index (χ1n) is 12.3. The maximum absolute atomic E-state index is 11.5. The largest absolute Gasteiger partial charge is 0.543 e. The molecule has 170 valence electrons. The standard InChI is InChI=1S/C27H41NO2Si/c1-25(2,3)31(5,6)30-20-9-11-21-19(18-20)8-10-23-22(21)12-15-26(4)24(23)13-16-27(26,29)14-7-17-28/h9,11,18,22-24,29H,7-8,10,12-16H2,1-6H3/t22-,23-,24+,26+,27+/m1/s1. The Morgan fingerprint density at radius 2 is 1.94 bits per heavy atom. The van der Waals surface area contributed by atoms with Crippen LogP contribution in [0.1, 0.15) is 89.7 Å². The molecule has 1 aromatic carbocycles. The molecule has 0 saturated heterocycles. The molecule has 2 saturated carbocycles. The molecule has 0 spiro atoms. The van der Waals surface area contributed by atoms with Gasteiger partial charge in [0.15, 0.2) is 0 Å². The van der Waals surface area contributed by atoms with Gasteiger partial charge in [-0.15, -0.1) is 0 Å². The summed E-state index contributed by atoms with van der Waals surface area (Å²) >= 11 is 0. The predicted molar refractivity (Wildman–Crippen MR) is 129 cm³/mol. The minimum atomic E-state index is -1.83. The van der Waals surface area contributed by atoms with Crippen molar-refractivity contribution >= 4 is 8.32 Å². The van der Waals surface area contributed by atoms with E-state index in [1.807, 2.05) is 0 Å². The third-order valence-corrected chi connectivity index (χ3v) is 14.2. The highest BCUT2D eigenvalue weighted by atomic mass is 28.4. The van der Waals surface area contributed by atoms with Crippen LogP contribution >= 0.6 is 0 Å². The zero-order valence-electron chi connectivity index (χ0n) is 20.4. The number of aliphatic hydroxyl groups is 1. The lowest BCUT2D eigenvalue weighted by Crippen LogP contribution is -2.50. The van der Waals surface area contributed by atoms with E-state index >= 15 is 0 Å². The molecule has 4 rings (SSSR count). The average Bonchev–Trinajstić information content (AvgIpc) is 2.96. The molecule has 4 heteroatoms. The summed E-state index contributed by atoms with van der Waals surface area (Å²) in [6, 6.07) is 9.17. The van der Waals surface area contributed by atoms with Crippen LogP contribution in [0.15, 0.2) is 18.2 Å². The molecule has 0 radical (unpaired) electrons. The summed E-state index contributed by atoms with van der Waals surface area (Å²) in [6.45, 7) is 13.8. The Hall–Kier alpha value is -1.31. The summed E-state index contributed by atoms with van der Waals surface area (Å²) in [7, 11) is -1.83. The van der Waals surface area contributed by atoms with Crippen LogP contribution in [0.25, 0.3) is 0 Å². The fourth-order valence-electron chi connectivity index (χ4n) is 6.85. The van der Waals surface area contributed by atoms with Gasteiger partial charge in [-0.25, -0.2) is 0 Å². The number of aryl methyl sites for hydroxylation is 1. The van der Waals surface area contributed by atoms with Crippen molar-refractivity contribution in [3.63, 3.8) is 0 Å². The van der Waals surface area contributed by atoms with E-state index in [9.17, 15) is 5.11 Å². The number of hydrogen-bond donors (Lipinski definition) is 1. The summed E-state index contributed by atoms with van der Waals surface area (Å²) in [5.41, 5.74) is 2.33. The second kappa shape index (κ2) is 7.63. The monoisotopic (exact) mass is 439 g/mol. The van der Waals surface area contributed by atoms with Gasteiger partial charge < -0.3 is 9.53 Å². The smallest absolute Gasteiger partial charge is 0.250 e. The summed E-state index contributed by atoms with van der Waals surface area (Å²) in [5, 5.41) is 20.8. The summed E-state index contributed by atoms with van der Waals surface area (Å²) in [6.07, 6.45) is 7.65. The first-order chi connectivity index (χ1) is 14.4. The van der Waals surface area contributed by atoms with Crippen LogP contribution in [0, 0.1) is 28.6 Å². The van der Waals surface area contributed by atoms with Gasteiger partial charge in [0.25, 0.3) is 0 Å². The molecule has 0 unspecified atom stereocenters. The molecule has 0 heterocycles. The third kappa shape index (κ3) is 3.66. The van der Waals surface area contributed by atoms with Crippen molar-refractivity contribution < 1.29 is 9.53 Å². The summed E-state index contributed by atoms with van der Waals surface area (Å²) < 4.78 is 6.60. The average molecular weight is 440 g/mol. The Balaban J connectivity index is 1.56. The van der Waals surface area contributed by atoms with Crippen molar-refractivity contribution in [1.82, 2.24) is 0 Å². The van der Waals surface area contributed by atoms with Crippen molar-refractivity contribution in [2.75, 3.05) is 0 Å². The summed E-state index contributed by atoms with van der Waals surface area (Å²) in [4.78, 5) is 0. The second-order valence-electron chi connectivity index (χ2n) is 12.3. The van der Waals surface area contributed by atoms with Crippen molar-refractivity contribution in [3.8, 4) is 11.8 Å². The van der Waals surface area contributed by atoms with E-state index in [4.69, 9.17) is 9.69 Å². The molecule has 3 aliphatic rings. The van der Waals surface area contributed by atoms with Crippen LogP contribution in [0.3, 0.4) is 0 Å². The second-order valence-corrected chi connectivity index (χ2v) is 17.0. The van der Waals surface area contributed by atoms with Gasteiger partial charge in [-0.05, 0) is 110 Å². The van der Waals surface area contributed by atoms with Gasteiger partial charge in [0, 0.05) is 6.42 Å². The Kier molecular flexibility index (Phi) is 5.63. The van der Waals surface area contributed by atoms with E-state index in [1.54, 1.807) is 0 Å². The molecular formula is C27H41NO2Si. The fourth-order valence-corrected chi connectivity index (χ4v) is 7.88. The number of rotatable bonds is 4. The van der Waals surface area contributed by atoms with Crippen LogP contribution < -0.4 is 4.43 Å². The lowest BCUT2D eigenvalue weighted by atomic mass is 9.53. The lowest BCUT2D eigenvalue weighted by molar-refractivity contribution is -0.106. The third-order valence-electron chi connectivity index (χ3n) is 9.85. The van der Waals surface area contributed by atoms with Crippen LogP contribution in [0.2, 0.25) is 18.1 Å². The number of hydrogen-bond acceptors (Lipinski definition) is 3. The Bertz CT molecular complexity index is 882. The van der Waals surface area contributed by atoms with Crippen molar-refractivity contribution in [1.29, 1.82) is 5.26 Å². The van der Waals surface area contributed by atoms with E-state index < -0.39 is 13.9 Å². The molecule has 5 atom stereocenters. The van der Waals surface area contributed by atoms with Crippen LogP contribution in [-0.4, -0.2) is 19.0 Å². The topological polar surface area (TPSA) is 53.2 Å². The fraction of sp³-hybridized carbons (Fsp3) is 0.741. The number of fused-ring (bicyclic) bond motifs is 5. The lowest BCUT2D eigenvalue weighted by Gasteiger charge is -2.53. The molecule has 0 amide bonds. The van der Waals surface area contributed by atoms with Gasteiger partial charge in [-0.3, -0.25) is 0 Å². The Morgan fingerprint density at radius 3 is 2.61 bits per heavy atom. The molecule has 0 bridgehead atoms. The van der Waals surface area contributed by atoms with Gasteiger partial charge in [0.2, 0.25) is 8.32 Å². The maximum Gasteiger partial charge on any atom is 0.250 e. The molecule has 1 aromatic rings. The van der Waals surface area contributed by atoms with Crippen molar-refractivity contribution in [2.24, 2.45) is 17.3 Å². The molecular weight excluding hydrogens is 398 g/mol. The van der Waals surface area contributed by atoms with Gasteiger partial charge in [0.05, 0.1) is 11.7 Å². The highest BCUT2D eigenvalue weighted by molar-refractivity contribution is 6.74. The van der Waals surface area contributed by atoms with E-state index in [0.717, 1.165) is 37.9 Å². The Labute approximate surface area is 190 Å². The summed E-state index contributed by atoms with van der Waals surface area (Å²) in [5.74, 6) is 2.90. The quantitative estimate of drug-likeness (QED) is 0.516. The van der Waals surface area contributed by atoms with E-state index in [1.165, 1.54) is 17.5 Å². The maximum atomic E-state index is 11.5. The molecule has 31 heavy (non-hydrogen) atoms. The van der Waals surface area contributed by atoms with Crippen LogP contribution in [-0.2, 0) is 6.42 Å². The first-order valence-corrected chi connectivity index (χ1v) is 15.2. The van der Waals surface area contributed by atoms with E-state index in [-0.39, 0.29) is 10.5 Å². The molecule has 1 N–H and O–H groups in total. The van der Waals surface area contributed by atoms with Gasteiger partial charge in [-0.2, -0.15) is 5.26 Å². The number of nitrogens with zero attached hydrogens (tertiary/aromatic N) is 1. The van der Waals surface area contributed by atoms with Gasteiger partial charge in [0.1, 0.15) is 5.75 Å². The zero-order valence-corrected chi connectivity index (χ0v) is 21.4. The molecule has 0 aliphatic heterocycles. The minimum Gasteiger partial charge on any atom is -0.543 e. The van der Waals surface area contributed by atoms with Gasteiger partial charge in [-0.1, -0.05) is 33.8 Å². The predicted octanol–water partition coefficient (Wildman–Crippen LogP) is 6.96.